The number of benzene rings is 1. The number of rotatable bonds is 2. The standard InChI is InChI=1S/C15H10F3NOS/c16-15(17,18)12-7-13(9-4-2-1-3-5-9)19-14-11(12)6-10(8-20)21-14/h1-7,20H,8H2. The Morgan fingerprint density at radius 1 is 1.10 bits per heavy atom. The predicted octanol–water partition coefficient (Wildman–Crippen LogP) is 4.47. The van der Waals surface area contributed by atoms with E-state index in [1.54, 1.807) is 30.3 Å². The summed E-state index contributed by atoms with van der Waals surface area (Å²) in [6.07, 6.45) is -4.46. The van der Waals surface area contributed by atoms with Crippen LogP contribution in [0.1, 0.15) is 10.4 Å². The molecule has 0 radical (unpaired) electrons. The first-order valence-electron chi connectivity index (χ1n) is 6.16. The number of nitrogens with zero attached hydrogens (tertiary/aromatic N) is 1. The lowest BCUT2D eigenvalue weighted by atomic mass is 10.1. The van der Waals surface area contributed by atoms with Crippen LogP contribution in [0.4, 0.5) is 13.2 Å². The monoisotopic (exact) mass is 309 g/mol. The molecule has 0 saturated carbocycles. The Kier molecular flexibility index (Phi) is 3.43. The van der Waals surface area contributed by atoms with Crippen molar-refractivity contribution in [3.63, 3.8) is 0 Å². The van der Waals surface area contributed by atoms with Crippen LogP contribution in [0.15, 0.2) is 42.5 Å². The molecule has 21 heavy (non-hydrogen) atoms. The Morgan fingerprint density at radius 3 is 2.43 bits per heavy atom. The molecule has 0 atom stereocenters. The average molecular weight is 309 g/mol. The van der Waals surface area contributed by atoms with Crippen LogP contribution in [0.5, 0.6) is 0 Å². The molecule has 0 aliphatic rings. The highest BCUT2D eigenvalue weighted by atomic mass is 32.1. The van der Waals surface area contributed by atoms with Gasteiger partial charge in [0.25, 0.3) is 0 Å². The van der Waals surface area contributed by atoms with Crippen LogP contribution in [0.2, 0.25) is 0 Å². The molecule has 6 heteroatoms. The molecule has 0 aliphatic heterocycles. The third kappa shape index (κ3) is 2.64. The number of aliphatic hydroxyl groups is 1. The number of aliphatic hydroxyl groups excluding tert-OH is 1. The van der Waals surface area contributed by atoms with Gasteiger partial charge in [0.15, 0.2) is 0 Å². The minimum Gasteiger partial charge on any atom is -0.391 e. The lowest BCUT2D eigenvalue weighted by Gasteiger charge is -2.10. The van der Waals surface area contributed by atoms with E-state index in [2.05, 4.69) is 4.98 Å². The van der Waals surface area contributed by atoms with Crippen LogP contribution < -0.4 is 0 Å². The summed E-state index contributed by atoms with van der Waals surface area (Å²) in [5.41, 5.74) is 0.188. The molecule has 0 fully saturated rings. The fourth-order valence-electron chi connectivity index (χ4n) is 2.13. The van der Waals surface area contributed by atoms with Crippen molar-refractivity contribution >= 4 is 21.6 Å². The van der Waals surface area contributed by atoms with Crippen molar-refractivity contribution in [2.24, 2.45) is 0 Å². The molecule has 2 heterocycles. The summed E-state index contributed by atoms with van der Waals surface area (Å²) < 4.78 is 39.7. The van der Waals surface area contributed by atoms with Crippen molar-refractivity contribution in [1.29, 1.82) is 0 Å². The molecule has 108 valence electrons. The molecule has 2 nitrogen and oxygen atoms in total. The Labute approximate surface area is 122 Å². The largest absolute Gasteiger partial charge is 0.417 e. The van der Waals surface area contributed by atoms with Gasteiger partial charge in [-0.2, -0.15) is 13.2 Å². The second kappa shape index (κ2) is 5.13. The third-order valence-corrected chi connectivity index (χ3v) is 4.10. The van der Waals surface area contributed by atoms with Gasteiger partial charge in [-0.15, -0.1) is 11.3 Å². The smallest absolute Gasteiger partial charge is 0.391 e. The molecule has 0 aliphatic carbocycles. The van der Waals surface area contributed by atoms with E-state index in [1.807, 2.05) is 0 Å². The SMILES string of the molecule is OCc1cc2c(C(F)(F)F)cc(-c3ccccc3)nc2s1. The number of halogens is 3. The van der Waals surface area contributed by atoms with Gasteiger partial charge < -0.3 is 5.11 Å². The van der Waals surface area contributed by atoms with Crippen LogP contribution in [0.3, 0.4) is 0 Å². The minimum atomic E-state index is -4.46. The fraction of sp³-hybridized carbons (Fsp3) is 0.133. The van der Waals surface area contributed by atoms with Gasteiger partial charge in [0, 0.05) is 15.8 Å². The van der Waals surface area contributed by atoms with E-state index in [1.165, 1.54) is 6.07 Å². The van der Waals surface area contributed by atoms with Gasteiger partial charge in [0.2, 0.25) is 0 Å². The van der Waals surface area contributed by atoms with Crippen molar-refractivity contribution in [2.75, 3.05) is 0 Å². The minimum absolute atomic E-state index is 0.0382. The summed E-state index contributed by atoms with van der Waals surface area (Å²) >= 11 is 1.08. The summed E-state index contributed by atoms with van der Waals surface area (Å²) in [4.78, 5) is 5.05. The van der Waals surface area contributed by atoms with Crippen LogP contribution in [-0.2, 0) is 12.8 Å². The van der Waals surface area contributed by atoms with E-state index in [0.29, 0.717) is 10.4 Å². The maximum atomic E-state index is 13.2. The molecule has 3 rings (SSSR count). The molecular formula is C15H10F3NOS. The van der Waals surface area contributed by atoms with Gasteiger partial charge in [0.1, 0.15) is 4.83 Å². The molecule has 1 aromatic carbocycles. The Balaban J connectivity index is 2.29. The third-order valence-electron chi connectivity index (χ3n) is 3.09. The van der Waals surface area contributed by atoms with Gasteiger partial charge in [-0.1, -0.05) is 30.3 Å². The molecule has 0 saturated heterocycles. The normalized spacial score (nSPS) is 12.0. The highest BCUT2D eigenvalue weighted by Crippen LogP contribution is 2.39. The summed E-state index contributed by atoms with van der Waals surface area (Å²) in [5.74, 6) is 0. The van der Waals surface area contributed by atoms with Crippen molar-refractivity contribution in [3.05, 3.63) is 52.9 Å². The number of pyridine rings is 1. The number of aromatic nitrogens is 1. The van der Waals surface area contributed by atoms with E-state index in [9.17, 15) is 13.2 Å². The van der Waals surface area contributed by atoms with Crippen molar-refractivity contribution in [1.82, 2.24) is 4.98 Å². The van der Waals surface area contributed by atoms with E-state index < -0.39 is 11.7 Å². The lowest BCUT2D eigenvalue weighted by Crippen LogP contribution is -2.06. The number of fused-ring (bicyclic) bond motifs is 1. The van der Waals surface area contributed by atoms with E-state index in [4.69, 9.17) is 5.11 Å². The van der Waals surface area contributed by atoms with E-state index in [0.717, 1.165) is 17.4 Å². The second-order valence-corrected chi connectivity index (χ2v) is 5.62. The molecule has 1 N–H and O–H groups in total. The van der Waals surface area contributed by atoms with Gasteiger partial charge >= 0.3 is 6.18 Å². The summed E-state index contributed by atoms with van der Waals surface area (Å²) in [5, 5.41) is 9.16. The predicted molar refractivity (Wildman–Crippen MR) is 76.0 cm³/mol. The van der Waals surface area contributed by atoms with Gasteiger partial charge in [-0.05, 0) is 12.1 Å². The summed E-state index contributed by atoms with van der Waals surface area (Å²) in [6, 6.07) is 11.1. The highest BCUT2D eigenvalue weighted by molar-refractivity contribution is 7.18. The number of hydrogen-bond donors (Lipinski definition) is 1. The highest BCUT2D eigenvalue weighted by Gasteiger charge is 2.34. The van der Waals surface area contributed by atoms with Crippen LogP contribution >= 0.6 is 11.3 Å². The first-order chi connectivity index (χ1) is 9.99. The lowest BCUT2D eigenvalue weighted by molar-refractivity contribution is -0.136. The fourth-order valence-corrected chi connectivity index (χ4v) is 3.05. The average Bonchev–Trinajstić information content (AvgIpc) is 2.89. The van der Waals surface area contributed by atoms with Crippen LogP contribution in [0, 0.1) is 0 Å². The van der Waals surface area contributed by atoms with Crippen molar-refractivity contribution in [2.45, 2.75) is 12.8 Å². The van der Waals surface area contributed by atoms with Crippen molar-refractivity contribution < 1.29 is 18.3 Å². The molecule has 3 aromatic rings. The van der Waals surface area contributed by atoms with Crippen LogP contribution in [-0.4, -0.2) is 10.1 Å². The van der Waals surface area contributed by atoms with E-state index in [-0.39, 0.29) is 22.5 Å². The molecule has 2 aromatic heterocycles. The molecular weight excluding hydrogens is 299 g/mol. The summed E-state index contributed by atoms with van der Waals surface area (Å²) in [6.45, 7) is -0.293. The van der Waals surface area contributed by atoms with Gasteiger partial charge in [0.05, 0.1) is 17.9 Å². The molecule has 0 amide bonds. The Hall–Kier alpha value is -1.92. The first kappa shape index (κ1) is 14.0. The van der Waals surface area contributed by atoms with Gasteiger partial charge in [-0.3, -0.25) is 0 Å². The number of hydrogen-bond acceptors (Lipinski definition) is 3. The Bertz CT molecular complexity index is 781. The van der Waals surface area contributed by atoms with Crippen LogP contribution in [0.25, 0.3) is 21.5 Å². The summed E-state index contributed by atoms with van der Waals surface area (Å²) in [7, 11) is 0. The second-order valence-electron chi connectivity index (χ2n) is 4.51. The number of thiophene rings is 1. The van der Waals surface area contributed by atoms with Crippen molar-refractivity contribution in [3.8, 4) is 11.3 Å². The molecule has 0 unspecified atom stereocenters. The number of alkyl halides is 3. The topological polar surface area (TPSA) is 33.1 Å². The first-order valence-corrected chi connectivity index (χ1v) is 6.97. The maximum absolute atomic E-state index is 13.2. The maximum Gasteiger partial charge on any atom is 0.417 e. The quantitative estimate of drug-likeness (QED) is 0.757. The molecule has 0 bridgehead atoms. The zero-order valence-electron chi connectivity index (χ0n) is 10.7. The Morgan fingerprint density at radius 2 is 1.81 bits per heavy atom. The molecule has 0 spiro atoms. The zero-order chi connectivity index (χ0) is 15.0. The zero-order valence-corrected chi connectivity index (χ0v) is 11.5. The van der Waals surface area contributed by atoms with E-state index >= 15 is 0 Å². The van der Waals surface area contributed by atoms with Gasteiger partial charge in [-0.25, -0.2) is 4.98 Å².